The molecule has 0 bridgehead atoms. The number of methoxy groups -OCH3 is 1. The molecule has 0 aliphatic rings. The third-order valence-corrected chi connectivity index (χ3v) is 3.07. The number of nitrogen functional groups attached to an aromatic ring is 1. The van der Waals surface area contributed by atoms with Crippen molar-refractivity contribution < 1.29 is 18.8 Å². The molecule has 2 aromatic carbocycles. The molecule has 0 unspecified atom stereocenters. The fourth-order valence-corrected chi connectivity index (χ4v) is 1.81. The predicted molar refractivity (Wildman–Crippen MR) is 75.5 cm³/mol. The van der Waals surface area contributed by atoms with Crippen LogP contribution in [0.25, 0.3) is 0 Å². The minimum atomic E-state index is -0.670. The lowest BCUT2D eigenvalue weighted by Crippen LogP contribution is -1.98. The van der Waals surface area contributed by atoms with Gasteiger partial charge in [0, 0.05) is 12.1 Å². The minimum absolute atomic E-state index is 0.00641. The Labute approximate surface area is 124 Å². The first-order valence-electron chi connectivity index (χ1n) is 5.67. The maximum atomic E-state index is 13.7. The number of hydrogen-bond donors (Lipinski definition) is 1. The Balaban J connectivity index is 2.41. The van der Waals surface area contributed by atoms with Crippen LogP contribution in [0, 0.1) is 15.9 Å². The monoisotopic (exact) mass is 312 g/mol. The molecule has 0 spiro atoms. The number of halogens is 2. The first-order valence-corrected chi connectivity index (χ1v) is 6.05. The smallest absolute Gasteiger partial charge is 0.293 e. The lowest BCUT2D eigenvalue weighted by atomic mass is 10.2. The van der Waals surface area contributed by atoms with Crippen LogP contribution in [0.1, 0.15) is 0 Å². The molecule has 0 aliphatic heterocycles. The van der Waals surface area contributed by atoms with E-state index in [0.717, 1.165) is 12.1 Å². The highest BCUT2D eigenvalue weighted by molar-refractivity contribution is 6.35. The predicted octanol–water partition coefficient (Wildman–Crippen LogP) is 3.77. The van der Waals surface area contributed by atoms with Gasteiger partial charge >= 0.3 is 0 Å². The molecule has 0 aromatic heterocycles. The second-order valence-electron chi connectivity index (χ2n) is 3.97. The summed E-state index contributed by atoms with van der Waals surface area (Å²) < 4.78 is 23.9. The number of nitro benzene ring substituents is 1. The molecule has 6 nitrogen and oxygen atoms in total. The molecule has 110 valence electrons. The van der Waals surface area contributed by atoms with Crippen LogP contribution in [0.3, 0.4) is 0 Å². The van der Waals surface area contributed by atoms with E-state index < -0.39 is 10.7 Å². The van der Waals surface area contributed by atoms with Gasteiger partial charge in [-0.2, -0.15) is 0 Å². The summed E-state index contributed by atoms with van der Waals surface area (Å²) in [6.07, 6.45) is 0. The van der Waals surface area contributed by atoms with Crippen molar-refractivity contribution in [1.29, 1.82) is 0 Å². The van der Waals surface area contributed by atoms with Crippen LogP contribution in [0.5, 0.6) is 17.2 Å². The molecule has 0 heterocycles. The van der Waals surface area contributed by atoms with Crippen molar-refractivity contribution >= 4 is 23.0 Å². The van der Waals surface area contributed by atoms with Crippen molar-refractivity contribution in [2.24, 2.45) is 0 Å². The molecule has 0 saturated carbocycles. The third kappa shape index (κ3) is 2.97. The van der Waals surface area contributed by atoms with E-state index in [1.807, 2.05) is 0 Å². The summed E-state index contributed by atoms with van der Waals surface area (Å²) in [4.78, 5) is 10.1. The fourth-order valence-electron chi connectivity index (χ4n) is 1.61. The van der Waals surface area contributed by atoms with Gasteiger partial charge in [0.25, 0.3) is 5.69 Å². The first-order chi connectivity index (χ1) is 9.93. The van der Waals surface area contributed by atoms with E-state index in [9.17, 15) is 14.5 Å². The van der Waals surface area contributed by atoms with Crippen molar-refractivity contribution in [2.75, 3.05) is 12.8 Å². The van der Waals surface area contributed by atoms with Gasteiger partial charge in [-0.25, -0.2) is 4.39 Å². The van der Waals surface area contributed by atoms with Crippen molar-refractivity contribution in [2.45, 2.75) is 0 Å². The fraction of sp³-hybridized carbons (Fsp3) is 0.0769. The van der Waals surface area contributed by atoms with E-state index in [2.05, 4.69) is 0 Å². The SMILES string of the molecule is COc1ccc(F)c(Oc2ccc([N+](=O)[O-])c(N)c2Cl)c1. The molecule has 0 atom stereocenters. The average molecular weight is 313 g/mol. The van der Waals surface area contributed by atoms with Gasteiger partial charge in [0.15, 0.2) is 11.6 Å². The zero-order chi connectivity index (χ0) is 15.6. The van der Waals surface area contributed by atoms with Gasteiger partial charge in [-0.1, -0.05) is 11.6 Å². The van der Waals surface area contributed by atoms with Crippen molar-refractivity contribution in [3.63, 3.8) is 0 Å². The molecular weight excluding hydrogens is 303 g/mol. The van der Waals surface area contributed by atoms with Crippen LogP contribution in [-0.2, 0) is 0 Å². The van der Waals surface area contributed by atoms with Crippen molar-refractivity contribution in [3.05, 3.63) is 51.3 Å². The normalized spacial score (nSPS) is 10.2. The lowest BCUT2D eigenvalue weighted by Gasteiger charge is -2.11. The molecule has 2 rings (SSSR count). The molecule has 21 heavy (non-hydrogen) atoms. The standard InChI is InChI=1S/C13H10ClFN2O4/c1-20-7-2-3-8(15)11(6-7)21-10-5-4-9(17(18)19)13(16)12(10)14/h2-6H,16H2,1H3. The summed E-state index contributed by atoms with van der Waals surface area (Å²) in [5, 5.41) is 10.6. The zero-order valence-electron chi connectivity index (χ0n) is 10.8. The molecule has 8 heteroatoms. The van der Waals surface area contributed by atoms with E-state index in [0.29, 0.717) is 5.75 Å². The van der Waals surface area contributed by atoms with E-state index >= 15 is 0 Å². The molecule has 2 aromatic rings. The molecule has 0 amide bonds. The highest BCUT2D eigenvalue weighted by atomic mass is 35.5. The average Bonchev–Trinajstić information content (AvgIpc) is 2.45. The Bertz CT molecular complexity index is 709. The summed E-state index contributed by atoms with van der Waals surface area (Å²) in [5.74, 6) is -0.377. The lowest BCUT2D eigenvalue weighted by molar-refractivity contribution is -0.383. The maximum Gasteiger partial charge on any atom is 0.293 e. The van der Waals surface area contributed by atoms with E-state index in [-0.39, 0.29) is 27.9 Å². The Kier molecular flexibility index (Phi) is 4.13. The Morgan fingerprint density at radius 1 is 1.29 bits per heavy atom. The van der Waals surface area contributed by atoms with Crippen LogP contribution >= 0.6 is 11.6 Å². The number of anilines is 1. The summed E-state index contributed by atoms with van der Waals surface area (Å²) >= 11 is 5.91. The topological polar surface area (TPSA) is 87.6 Å². The minimum Gasteiger partial charge on any atom is -0.497 e. The van der Waals surface area contributed by atoms with Gasteiger partial charge < -0.3 is 15.2 Å². The van der Waals surface area contributed by atoms with Crippen LogP contribution in [-0.4, -0.2) is 12.0 Å². The second kappa shape index (κ2) is 5.84. The van der Waals surface area contributed by atoms with E-state index in [4.69, 9.17) is 26.8 Å². The quantitative estimate of drug-likeness (QED) is 0.527. The Morgan fingerprint density at radius 3 is 2.62 bits per heavy atom. The Hall–Kier alpha value is -2.54. The van der Waals surface area contributed by atoms with Gasteiger partial charge in [0.1, 0.15) is 22.2 Å². The number of nitrogens with zero attached hydrogens (tertiary/aromatic N) is 1. The molecule has 0 radical (unpaired) electrons. The molecule has 0 fully saturated rings. The first kappa shape index (κ1) is 14.9. The maximum absolute atomic E-state index is 13.7. The highest BCUT2D eigenvalue weighted by Gasteiger charge is 2.19. The molecule has 0 aliphatic carbocycles. The number of benzene rings is 2. The summed E-state index contributed by atoms with van der Waals surface area (Å²) in [7, 11) is 1.42. The van der Waals surface area contributed by atoms with Crippen LogP contribution in [0.2, 0.25) is 5.02 Å². The number of ether oxygens (including phenoxy) is 2. The number of nitro groups is 1. The van der Waals surface area contributed by atoms with Crippen molar-refractivity contribution in [3.8, 4) is 17.2 Å². The molecule has 2 N–H and O–H groups in total. The number of nitrogens with two attached hydrogens (primary N) is 1. The zero-order valence-corrected chi connectivity index (χ0v) is 11.6. The number of rotatable bonds is 4. The van der Waals surface area contributed by atoms with Gasteiger partial charge in [-0.15, -0.1) is 0 Å². The largest absolute Gasteiger partial charge is 0.497 e. The second-order valence-corrected chi connectivity index (χ2v) is 4.34. The van der Waals surface area contributed by atoms with E-state index in [1.165, 1.54) is 25.3 Å². The summed E-state index contributed by atoms with van der Waals surface area (Å²) in [6, 6.07) is 6.29. The van der Waals surface area contributed by atoms with E-state index in [1.54, 1.807) is 0 Å². The molecular formula is C13H10ClFN2O4. The summed E-state index contributed by atoms with van der Waals surface area (Å²) in [5.41, 5.74) is 4.96. The third-order valence-electron chi connectivity index (χ3n) is 2.68. The molecule has 0 saturated heterocycles. The van der Waals surface area contributed by atoms with Gasteiger partial charge in [-0.3, -0.25) is 10.1 Å². The van der Waals surface area contributed by atoms with Crippen LogP contribution in [0.15, 0.2) is 30.3 Å². The van der Waals surface area contributed by atoms with Crippen LogP contribution < -0.4 is 15.2 Å². The Morgan fingerprint density at radius 2 is 2.00 bits per heavy atom. The van der Waals surface area contributed by atoms with Crippen LogP contribution in [0.4, 0.5) is 15.8 Å². The summed E-state index contributed by atoms with van der Waals surface area (Å²) in [6.45, 7) is 0. The number of hydrogen-bond acceptors (Lipinski definition) is 5. The highest BCUT2D eigenvalue weighted by Crippen LogP contribution is 2.39. The van der Waals surface area contributed by atoms with Crippen molar-refractivity contribution in [1.82, 2.24) is 0 Å². The van der Waals surface area contributed by atoms with Gasteiger partial charge in [0.2, 0.25) is 0 Å². The van der Waals surface area contributed by atoms with Gasteiger partial charge in [-0.05, 0) is 18.2 Å². The van der Waals surface area contributed by atoms with Gasteiger partial charge in [0.05, 0.1) is 12.0 Å².